The maximum Gasteiger partial charge on any atom is 0.321 e. The molecule has 4 atom stereocenters. The third-order valence-electron chi connectivity index (χ3n) is 3.59. The van der Waals surface area contributed by atoms with Crippen molar-refractivity contribution in [2.45, 2.75) is 51.6 Å². The Morgan fingerprint density at radius 3 is 2.29 bits per heavy atom. The summed E-state index contributed by atoms with van der Waals surface area (Å²) in [6.07, 6.45) is 3.80. The van der Waals surface area contributed by atoms with E-state index in [0.717, 1.165) is 25.7 Å². The molecule has 3 N–H and O–H groups in total. The Balaban J connectivity index is 2.67. The van der Waals surface area contributed by atoms with Gasteiger partial charge in [0.05, 0.1) is 5.92 Å². The summed E-state index contributed by atoms with van der Waals surface area (Å²) in [5.41, 5.74) is 0. The summed E-state index contributed by atoms with van der Waals surface area (Å²) in [4.78, 5) is 22.2. The molecule has 1 saturated heterocycles. The van der Waals surface area contributed by atoms with E-state index in [0.29, 0.717) is 0 Å². The van der Waals surface area contributed by atoms with Gasteiger partial charge >= 0.3 is 11.9 Å². The Morgan fingerprint density at radius 2 is 1.82 bits per heavy atom. The second-order valence-corrected chi connectivity index (χ2v) is 4.81. The Labute approximate surface area is 101 Å². The minimum absolute atomic E-state index is 0.213. The van der Waals surface area contributed by atoms with E-state index in [-0.39, 0.29) is 12.0 Å². The van der Waals surface area contributed by atoms with Crippen LogP contribution in [0.5, 0.6) is 0 Å². The van der Waals surface area contributed by atoms with E-state index in [2.05, 4.69) is 12.2 Å². The summed E-state index contributed by atoms with van der Waals surface area (Å²) in [7, 11) is 0. The molecular formula is C12H21NO4. The second kappa shape index (κ2) is 6.00. The molecule has 0 aromatic carbocycles. The molecule has 0 radical (unpaired) electrons. The van der Waals surface area contributed by atoms with Crippen LogP contribution in [0.4, 0.5) is 0 Å². The number of carbonyl (C=O) groups is 2. The summed E-state index contributed by atoms with van der Waals surface area (Å²) in [5.74, 6) is -2.80. The highest BCUT2D eigenvalue weighted by Gasteiger charge is 2.46. The van der Waals surface area contributed by atoms with E-state index >= 15 is 0 Å². The molecule has 98 valence electrons. The van der Waals surface area contributed by atoms with Crippen LogP contribution in [0, 0.1) is 11.8 Å². The molecule has 0 bridgehead atoms. The van der Waals surface area contributed by atoms with Gasteiger partial charge in [-0.25, -0.2) is 0 Å². The number of carboxylic acid groups (broad SMARTS) is 2. The Morgan fingerprint density at radius 1 is 1.18 bits per heavy atom. The zero-order chi connectivity index (χ0) is 13.0. The van der Waals surface area contributed by atoms with Crippen LogP contribution < -0.4 is 5.32 Å². The second-order valence-electron chi connectivity index (χ2n) is 4.81. The fourth-order valence-electron chi connectivity index (χ4n) is 2.63. The summed E-state index contributed by atoms with van der Waals surface area (Å²) in [5, 5.41) is 21.1. The van der Waals surface area contributed by atoms with E-state index in [1.807, 2.05) is 0 Å². The van der Waals surface area contributed by atoms with Gasteiger partial charge in [-0.15, -0.1) is 0 Å². The van der Waals surface area contributed by atoms with Gasteiger partial charge < -0.3 is 15.5 Å². The monoisotopic (exact) mass is 243 g/mol. The van der Waals surface area contributed by atoms with Gasteiger partial charge in [-0.05, 0) is 12.3 Å². The van der Waals surface area contributed by atoms with Crippen LogP contribution in [0.15, 0.2) is 0 Å². The largest absolute Gasteiger partial charge is 0.481 e. The lowest BCUT2D eigenvalue weighted by Crippen LogP contribution is -2.37. The van der Waals surface area contributed by atoms with Crippen molar-refractivity contribution in [3.63, 3.8) is 0 Å². The van der Waals surface area contributed by atoms with Crippen LogP contribution >= 0.6 is 0 Å². The highest BCUT2D eigenvalue weighted by atomic mass is 16.4. The quantitative estimate of drug-likeness (QED) is 0.613. The first-order valence-electron chi connectivity index (χ1n) is 6.20. The highest BCUT2D eigenvalue weighted by Crippen LogP contribution is 2.30. The van der Waals surface area contributed by atoms with Crippen LogP contribution in [0.3, 0.4) is 0 Å². The molecule has 0 aliphatic carbocycles. The lowest BCUT2D eigenvalue weighted by atomic mass is 9.86. The van der Waals surface area contributed by atoms with E-state index in [4.69, 9.17) is 5.11 Å². The average Bonchev–Trinajstić information content (AvgIpc) is 2.56. The fraction of sp³-hybridized carbons (Fsp3) is 0.833. The molecule has 5 nitrogen and oxygen atoms in total. The summed E-state index contributed by atoms with van der Waals surface area (Å²) >= 11 is 0. The molecule has 1 rings (SSSR count). The van der Waals surface area contributed by atoms with Crippen molar-refractivity contribution in [2.75, 3.05) is 0 Å². The predicted molar refractivity (Wildman–Crippen MR) is 62.8 cm³/mol. The molecule has 1 aliphatic rings. The fourth-order valence-corrected chi connectivity index (χ4v) is 2.63. The molecule has 0 amide bonds. The standard InChI is InChI=1S/C12H21NO4/c1-3-4-5-6-8-9(11(14)15)7(2)10(13-8)12(16)17/h7-10,13H,3-6H2,1-2H3,(H,14,15)(H,16,17). The molecule has 0 aromatic rings. The molecule has 0 spiro atoms. The van der Waals surface area contributed by atoms with Crippen molar-refractivity contribution in [3.8, 4) is 0 Å². The Kier molecular flexibility index (Phi) is 4.93. The number of rotatable bonds is 6. The van der Waals surface area contributed by atoms with Gasteiger partial charge in [0.2, 0.25) is 0 Å². The predicted octanol–water partition coefficient (Wildman–Crippen LogP) is 1.33. The topological polar surface area (TPSA) is 86.6 Å². The zero-order valence-electron chi connectivity index (χ0n) is 10.3. The van der Waals surface area contributed by atoms with Crippen LogP contribution in [-0.4, -0.2) is 34.2 Å². The SMILES string of the molecule is CCCCCC1NC(C(=O)O)C(C)C1C(=O)O. The van der Waals surface area contributed by atoms with Crippen LogP contribution in [0.2, 0.25) is 0 Å². The van der Waals surface area contributed by atoms with Gasteiger partial charge in [0.15, 0.2) is 0 Å². The van der Waals surface area contributed by atoms with E-state index in [1.165, 1.54) is 0 Å². The maximum absolute atomic E-state index is 11.2. The lowest BCUT2D eigenvalue weighted by Gasteiger charge is -2.17. The first kappa shape index (κ1) is 14.0. The van der Waals surface area contributed by atoms with E-state index < -0.39 is 23.9 Å². The lowest BCUT2D eigenvalue weighted by molar-refractivity contribution is -0.144. The summed E-state index contributed by atoms with van der Waals surface area (Å²) in [6, 6.07) is -0.946. The van der Waals surface area contributed by atoms with Gasteiger partial charge in [0, 0.05) is 6.04 Å². The van der Waals surface area contributed by atoms with Crippen molar-refractivity contribution in [1.29, 1.82) is 0 Å². The summed E-state index contributed by atoms with van der Waals surface area (Å²) < 4.78 is 0. The first-order chi connectivity index (χ1) is 7.99. The Hall–Kier alpha value is -1.10. The average molecular weight is 243 g/mol. The van der Waals surface area contributed by atoms with Crippen molar-refractivity contribution in [1.82, 2.24) is 5.32 Å². The molecule has 1 fully saturated rings. The van der Waals surface area contributed by atoms with Crippen LogP contribution in [-0.2, 0) is 9.59 Å². The summed E-state index contributed by atoms with van der Waals surface area (Å²) in [6.45, 7) is 3.78. The number of nitrogens with one attached hydrogen (secondary N) is 1. The van der Waals surface area contributed by atoms with Crippen molar-refractivity contribution in [2.24, 2.45) is 11.8 Å². The normalized spacial score (nSPS) is 32.6. The molecule has 1 heterocycles. The zero-order valence-corrected chi connectivity index (χ0v) is 10.3. The molecule has 5 heteroatoms. The molecule has 17 heavy (non-hydrogen) atoms. The van der Waals surface area contributed by atoms with Gasteiger partial charge in [0.25, 0.3) is 0 Å². The minimum Gasteiger partial charge on any atom is -0.481 e. The van der Waals surface area contributed by atoms with Gasteiger partial charge in [-0.2, -0.15) is 0 Å². The maximum atomic E-state index is 11.2. The third-order valence-corrected chi connectivity index (χ3v) is 3.59. The van der Waals surface area contributed by atoms with Crippen molar-refractivity contribution < 1.29 is 19.8 Å². The van der Waals surface area contributed by atoms with Gasteiger partial charge in [0.1, 0.15) is 6.04 Å². The van der Waals surface area contributed by atoms with E-state index in [9.17, 15) is 14.7 Å². The number of hydrogen-bond donors (Lipinski definition) is 3. The van der Waals surface area contributed by atoms with Crippen molar-refractivity contribution >= 4 is 11.9 Å². The third kappa shape index (κ3) is 3.19. The van der Waals surface area contributed by atoms with Crippen LogP contribution in [0.1, 0.15) is 39.5 Å². The molecule has 0 saturated carbocycles. The minimum atomic E-state index is -0.957. The van der Waals surface area contributed by atoms with E-state index in [1.54, 1.807) is 6.92 Å². The molecule has 4 unspecified atom stereocenters. The molecule has 1 aliphatic heterocycles. The Bertz CT molecular complexity index is 292. The smallest absolute Gasteiger partial charge is 0.321 e. The van der Waals surface area contributed by atoms with Crippen molar-refractivity contribution in [3.05, 3.63) is 0 Å². The highest BCUT2D eigenvalue weighted by molar-refractivity contribution is 5.79. The number of unbranched alkanes of at least 4 members (excludes halogenated alkanes) is 2. The van der Waals surface area contributed by atoms with Gasteiger partial charge in [-0.3, -0.25) is 9.59 Å². The number of carboxylic acids is 2. The van der Waals surface area contributed by atoms with Gasteiger partial charge in [-0.1, -0.05) is 33.1 Å². The van der Waals surface area contributed by atoms with Crippen LogP contribution in [0.25, 0.3) is 0 Å². The molecule has 0 aromatic heterocycles. The number of hydrogen-bond acceptors (Lipinski definition) is 3. The number of aliphatic carboxylic acids is 2. The first-order valence-corrected chi connectivity index (χ1v) is 6.20. The molecular weight excluding hydrogens is 222 g/mol.